The lowest BCUT2D eigenvalue weighted by Crippen LogP contribution is -2.33. The Morgan fingerprint density at radius 3 is 2.33 bits per heavy atom. The average molecular weight is 266 g/mol. The molecule has 0 bridgehead atoms. The van der Waals surface area contributed by atoms with Gasteiger partial charge in [0.2, 0.25) is 0 Å². The fourth-order valence-electron chi connectivity index (χ4n) is 1.93. The van der Waals surface area contributed by atoms with Crippen LogP contribution in [0.3, 0.4) is 0 Å². The van der Waals surface area contributed by atoms with Crippen LogP contribution in [-0.2, 0) is 6.54 Å². The van der Waals surface area contributed by atoms with E-state index in [0.717, 1.165) is 25.9 Å². The summed E-state index contributed by atoms with van der Waals surface area (Å²) in [7, 11) is 2.17. The number of hydrogen-bond acceptors (Lipinski definition) is 3. The van der Waals surface area contributed by atoms with Crippen LogP contribution in [0.25, 0.3) is 0 Å². The Kier molecular flexibility index (Phi) is 6.19. The maximum atomic E-state index is 5.99. The minimum atomic E-state index is -0.0408. The molecule has 0 heterocycles. The number of nitrogens with two attached hydrogens (primary N) is 1. The summed E-state index contributed by atoms with van der Waals surface area (Å²) in [6.45, 7) is 6.30. The molecule has 2 nitrogen and oxygen atoms in total. The van der Waals surface area contributed by atoms with Crippen molar-refractivity contribution >= 4 is 11.8 Å². The van der Waals surface area contributed by atoms with E-state index in [-0.39, 0.29) is 5.54 Å². The lowest BCUT2D eigenvalue weighted by Gasteiger charge is -2.21. The van der Waals surface area contributed by atoms with Crippen LogP contribution in [0.1, 0.15) is 32.3 Å². The Hall–Kier alpha value is -0.510. The average Bonchev–Trinajstić information content (AvgIpc) is 2.28. The van der Waals surface area contributed by atoms with Crippen LogP contribution in [0.5, 0.6) is 0 Å². The standard InChI is InChI=1S/C15H26N2S/c1-15(2,16)10-5-11-17(3)12-13-6-8-14(18-4)9-7-13/h6-9H,5,10-12,16H2,1-4H3. The minimum Gasteiger partial charge on any atom is -0.326 e. The highest BCUT2D eigenvalue weighted by Crippen LogP contribution is 2.16. The molecule has 2 N–H and O–H groups in total. The molecule has 0 aliphatic carbocycles. The number of thioether (sulfide) groups is 1. The second-order valence-electron chi connectivity index (χ2n) is 5.68. The van der Waals surface area contributed by atoms with E-state index in [0.29, 0.717) is 0 Å². The van der Waals surface area contributed by atoms with Gasteiger partial charge in [-0.25, -0.2) is 0 Å². The van der Waals surface area contributed by atoms with E-state index in [1.54, 1.807) is 11.8 Å². The van der Waals surface area contributed by atoms with Gasteiger partial charge in [0.15, 0.2) is 0 Å². The fraction of sp³-hybridized carbons (Fsp3) is 0.600. The summed E-state index contributed by atoms with van der Waals surface area (Å²) >= 11 is 1.79. The zero-order valence-corrected chi connectivity index (χ0v) is 12.9. The first-order valence-corrected chi connectivity index (χ1v) is 7.73. The molecule has 0 spiro atoms. The molecule has 0 aliphatic rings. The van der Waals surface area contributed by atoms with Gasteiger partial charge in [-0.05, 0) is 64.2 Å². The van der Waals surface area contributed by atoms with E-state index in [1.165, 1.54) is 10.5 Å². The molecule has 0 radical (unpaired) electrons. The Labute approximate surface area is 116 Å². The maximum absolute atomic E-state index is 5.99. The normalized spacial score (nSPS) is 12.1. The van der Waals surface area contributed by atoms with Gasteiger partial charge >= 0.3 is 0 Å². The molecule has 1 rings (SSSR count). The van der Waals surface area contributed by atoms with Crippen LogP contribution in [0.2, 0.25) is 0 Å². The first kappa shape index (κ1) is 15.5. The Morgan fingerprint density at radius 2 is 1.83 bits per heavy atom. The summed E-state index contributed by atoms with van der Waals surface area (Å²) in [5, 5.41) is 0. The van der Waals surface area contributed by atoms with Crippen LogP contribution in [0.4, 0.5) is 0 Å². The van der Waals surface area contributed by atoms with E-state index in [1.807, 2.05) is 0 Å². The Bertz CT molecular complexity index is 341. The van der Waals surface area contributed by atoms with E-state index >= 15 is 0 Å². The first-order valence-electron chi connectivity index (χ1n) is 6.51. The summed E-state index contributed by atoms with van der Waals surface area (Å²) in [4.78, 5) is 3.69. The number of hydrogen-bond donors (Lipinski definition) is 1. The SMILES string of the molecule is CSc1ccc(CN(C)CCCC(C)(C)N)cc1. The van der Waals surface area contributed by atoms with Crippen molar-refractivity contribution in [3.8, 4) is 0 Å². The predicted molar refractivity (Wildman–Crippen MR) is 82.1 cm³/mol. The van der Waals surface area contributed by atoms with Gasteiger partial charge < -0.3 is 10.6 Å². The molecule has 0 unspecified atom stereocenters. The lowest BCUT2D eigenvalue weighted by atomic mass is 10.00. The summed E-state index contributed by atoms with van der Waals surface area (Å²) in [6, 6.07) is 8.82. The van der Waals surface area contributed by atoms with E-state index in [2.05, 4.69) is 56.3 Å². The molecule has 1 aromatic carbocycles. The van der Waals surface area contributed by atoms with Crippen molar-refractivity contribution in [2.24, 2.45) is 5.73 Å². The predicted octanol–water partition coefficient (Wildman–Crippen LogP) is 3.36. The van der Waals surface area contributed by atoms with Crippen LogP contribution in [0.15, 0.2) is 29.2 Å². The van der Waals surface area contributed by atoms with Gasteiger partial charge in [0.25, 0.3) is 0 Å². The van der Waals surface area contributed by atoms with Crippen LogP contribution < -0.4 is 5.73 Å². The smallest absolute Gasteiger partial charge is 0.0230 e. The van der Waals surface area contributed by atoms with Gasteiger partial charge in [-0.3, -0.25) is 0 Å². The number of nitrogens with zero attached hydrogens (tertiary/aromatic N) is 1. The van der Waals surface area contributed by atoms with Crippen LogP contribution >= 0.6 is 11.8 Å². The second-order valence-corrected chi connectivity index (χ2v) is 6.56. The topological polar surface area (TPSA) is 29.3 Å². The molecule has 102 valence electrons. The van der Waals surface area contributed by atoms with E-state index in [9.17, 15) is 0 Å². The molecule has 3 heteroatoms. The third-order valence-corrected chi connectivity index (χ3v) is 3.72. The van der Waals surface area contributed by atoms with Crippen molar-refractivity contribution in [2.75, 3.05) is 19.8 Å². The molecule has 0 fully saturated rings. The van der Waals surface area contributed by atoms with Crippen LogP contribution in [0, 0.1) is 0 Å². The third-order valence-electron chi connectivity index (χ3n) is 2.97. The van der Waals surface area contributed by atoms with Crippen molar-refractivity contribution < 1.29 is 0 Å². The maximum Gasteiger partial charge on any atom is 0.0230 e. The van der Waals surface area contributed by atoms with Crippen molar-refractivity contribution in [2.45, 2.75) is 43.7 Å². The highest BCUT2D eigenvalue weighted by atomic mass is 32.2. The van der Waals surface area contributed by atoms with Gasteiger partial charge in [0.1, 0.15) is 0 Å². The summed E-state index contributed by atoms with van der Waals surface area (Å²) in [6.07, 6.45) is 4.33. The largest absolute Gasteiger partial charge is 0.326 e. The summed E-state index contributed by atoms with van der Waals surface area (Å²) in [5.74, 6) is 0. The molecular formula is C15H26N2S. The second kappa shape index (κ2) is 7.17. The molecule has 0 atom stereocenters. The van der Waals surface area contributed by atoms with Gasteiger partial charge in [-0.15, -0.1) is 11.8 Å². The van der Waals surface area contributed by atoms with Crippen molar-refractivity contribution in [3.63, 3.8) is 0 Å². The molecular weight excluding hydrogens is 240 g/mol. The Balaban J connectivity index is 2.32. The van der Waals surface area contributed by atoms with Gasteiger partial charge in [-0.2, -0.15) is 0 Å². The highest BCUT2D eigenvalue weighted by molar-refractivity contribution is 7.98. The van der Waals surface area contributed by atoms with E-state index in [4.69, 9.17) is 5.73 Å². The molecule has 1 aromatic rings. The molecule has 0 aliphatic heterocycles. The fourth-order valence-corrected chi connectivity index (χ4v) is 2.33. The quantitative estimate of drug-likeness (QED) is 0.767. The van der Waals surface area contributed by atoms with Crippen molar-refractivity contribution in [3.05, 3.63) is 29.8 Å². The van der Waals surface area contributed by atoms with Crippen molar-refractivity contribution in [1.29, 1.82) is 0 Å². The van der Waals surface area contributed by atoms with Crippen LogP contribution in [-0.4, -0.2) is 30.3 Å². The third kappa shape index (κ3) is 6.43. The highest BCUT2D eigenvalue weighted by Gasteiger charge is 2.10. The number of benzene rings is 1. The zero-order valence-electron chi connectivity index (χ0n) is 12.1. The molecule has 0 saturated carbocycles. The molecule has 0 saturated heterocycles. The molecule has 0 aromatic heterocycles. The number of rotatable bonds is 7. The molecule has 18 heavy (non-hydrogen) atoms. The first-order chi connectivity index (χ1) is 8.40. The monoisotopic (exact) mass is 266 g/mol. The molecule has 0 amide bonds. The van der Waals surface area contributed by atoms with Crippen molar-refractivity contribution in [1.82, 2.24) is 4.90 Å². The van der Waals surface area contributed by atoms with E-state index < -0.39 is 0 Å². The van der Waals surface area contributed by atoms with Gasteiger partial charge in [0.05, 0.1) is 0 Å². The lowest BCUT2D eigenvalue weighted by molar-refractivity contribution is 0.303. The zero-order chi connectivity index (χ0) is 13.6. The minimum absolute atomic E-state index is 0.0408. The summed E-state index contributed by atoms with van der Waals surface area (Å²) in [5.41, 5.74) is 7.32. The Morgan fingerprint density at radius 1 is 1.22 bits per heavy atom. The summed E-state index contributed by atoms with van der Waals surface area (Å²) < 4.78 is 0. The van der Waals surface area contributed by atoms with Gasteiger partial charge in [0, 0.05) is 17.0 Å². The van der Waals surface area contributed by atoms with Gasteiger partial charge in [-0.1, -0.05) is 12.1 Å².